The Balaban J connectivity index is 2.05. The summed E-state index contributed by atoms with van der Waals surface area (Å²) in [6.07, 6.45) is 0.348. The molecule has 208 valence electrons. The number of carbonyl (C=O) groups is 2. The largest absolute Gasteiger partial charge is 0.352 e. The lowest BCUT2D eigenvalue weighted by atomic mass is 10.1. The van der Waals surface area contributed by atoms with Gasteiger partial charge in [-0.2, -0.15) is 0 Å². The van der Waals surface area contributed by atoms with Gasteiger partial charge in [0, 0.05) is 22.1 Å². The molecule has 0 radical (unpaired) electrons. The quantitative estimate of drug-likeness (QED) is 0.283. The predicted octanol–water partition coefficient (Wildman–Crippen LogP) is 5.94. The van der Waals surface area contributed by atoms with E-state index in [0.29, 0.717) is 17.1 Å². The van der Waals surface area contributed by atoms with Crippen LogP contribution in [0.25, 0.3) is 0 Å². The van der Waals surface area contributed by atoms with E-state index in [4.69, 9.17) is 11.6 Å². The number of anilines is 1. The molecule has 3 aromatic rings. The minimum absolute atomic E-state index is 0.0673. The molecular weight excluding hydrogens is 602 g/mol. The molecule has 0 aliphatic carbocycles. The van der Waals surface area contributed by atoms with Crippen molar-refractivity contribution < 1.29 is 18.0 Å². The summed E-state index contributed by atoms with van der Waals surface area (Å²) < 4.78 is 29.6. The molecule has 0 saturated carbocycles. The van der Waals surface area contributed by atoms with Crippen LogP contribution in [-0.2, 0) is 26.2 Å². The lowest BCUT2D eigenvalue weighted by Gasteiger charge is -2.33. The maximum Gasteiger partial charge on any atom is 0.264 e. The van der Waals surface area contributed by atoms with E-state index in [1.54, 1.807) is 60.7 Å². The fraction of sp³-hybridized carbons (Fsp3) is 0.310. The van der Waals surface area contributed by atoms with Crippen molar-refractivity contribution in [2.24, 2.45) is 0 Å². The van der Waals surface area contributed by atoms with Gasteiger partial charge in [-0.1, -0.05) is 64.3 Å². The molecule has 1 atom stereocenters. The summed E-state index contributed by atoms with van der Waals surface area (Å²) in [5.74, 6) is -0.805. The van der Waals surface area contributed by atoms with Gasteiger partial charge in [0.2, 0.25) is 11.8 Å². The Morgan fingerprint density at radius 2 is 1.54 bits per heavy atom. The van der Waals surface area contributed by atoms with E-state index in [0.717, 1.165) is 19.9 Å². The summed E-state index contributed by atoms with van der Waals surface area (Å²) in [6.45, 7) is 7.00. The van der Waals surface area contributed by atoms with Gasteiger partial charge in [-0.05, 0) is 81.3 Å². The number of amides is 2. The monoisotopic (exact) mass is 633 g/mol. The molecule has 0 saturated heterocycles. The summed E-state index contributed by atoms with van der Waals surface area (Å²) in [4.78, 5) is 28.7. The number of carbonyl (C=O) groups excluding carboxylic acids is 2. The van der Waals surface area contributed by atoms with Crippen molar-refractivity contribution in [3.05, 3.63) is 93.4 Å². The average molecular weight is 635 g/mol. The van der Waals surface area contributed by atoms with E-state index in [1.165, 1.54) is 17.0 Å². The fourth-order valence-corrected chi connectivity index (χ4v) is 5.86. The Hall–Kier alpha value is -2.88. The topological polar surface area (TPSA) is 86.8 Å². The number of nitrogens with zero attached hydrogens (tertiary/aromatic N) is 2. The minimum atomic E-state index is -4.11. The van der Waals surface area contributed by atoms with E-state index >= 15 is 0 Å². The third-order valence-corrected chi connectivity index (χ3v) is 8.65. The number of hydrogen-bond donors (Lipinski definition) is 1. The van der Waals surface area contributed by atoms with Crippen LogP contribution in [0.15, 0.2) is 82.2 Å². The van der Waals surface area contributed by atoms with Gasteiger partial charge in [-0.25, -0.2) is 8.42 Å². The molecule has 39 heavy (non-hydrogen) atoms. The van der Waals surface area contributed by atoms with Crippen LogP contribution in [0.2, 0.25) is 5.02 Å². The number of hydrogen-bond acceptors (Lipinski definition) is 4. The summed E-state index contributed by atoms with van der Waals surface area (Å²) in [7, 11) is -4.11. The first-order valence-corrected chi connectivity index (χ1v) is 15.2. The Morgan fingerprint density at radius 3 is 2.08 bits per heavy atom. The molecule has 0 unspecified atom stereocenters. The molecule has 10 heteroatoms. The van der Waals surface area contributed by atoms with Gasteiger partial charge >= 0.3 is 0 Å². The molecule has 3 aromatic carbocycles. The third-order valence-electron chi connectivity index (χ3n) is 6.09. The van der Waals surface area contributed by atoms with E-state index < -0.39 is 28.5 Å². The van der Waals surface area contributed by atoms with Gasteiger partial charge in [-0.3, -0.25) is 13.9 Å². The molecule has 0 bridgehead atoms. The Labute approximate surface area is 244 Å². The zero-order chi connectivity index (χ0) is 28.7. The molecule has 1 N–H and O–H groups in total. The van der Waals surface area contributed by atoms with Crippen molar-refractivity contribution in [2.45, 2.75) is 57.6 Å². The maximum atomic E-state index is 14.0. The summed E-state index contributed by atoms with van der Waals surface area (Å²) in [5.41, 5.74) is 2.01. The molecule has 0 fully saturated rings. The lowest BCUT2D eigenvalue weighted by Crippen LogP contribution is -2.53. The van der Waals surface area contributed by atoms with Crippen LogP contribution in [-0.4, -0.2) is 43.8 Å². The molecule has 0 aromatic heterocycles. The number of halogens is 2. The summed E-state index contributed by atoms with van der Waals surface area (Å²) >= 11 is 9.43. The van der Waals surface area contributed by atoms with Gasteiger partial charge in [0.1, 0.15) is 12.6 Å². The Kier molecular flexibility index (Phi) is 10.6. The van der Waals surface area contributed by atoms with Crippen LogP contribution >= 0.6 is 27.5 Å². The third kappa shape index (κ3) is 8.06. The zero-order valence-electron chi connectivity index (χ0n) is 22.4. The molecule has 0 heterocycles. The number of rotatable bonds is 11. The minimum Gasteiger partial charge on any atom is -0.352 e. The van der Waals surface area contributed by atoms with Crippen molar-refractivity contribution in [3.63, 3.8) is 0 Å². The predicted molar refractivity (Wildman–Crippen MR) is 159 cm³/mol. The highest BCUT2D eigenvalue weighted by Crippen LogP contribution is 2.26. The molecule has 7 nitrogen and oxygen atoms in total. The highest BCUT2D eigenvalue weighted by molar-refractivity contribution is 9.10. The smallest absolute Gasteiger partial charge is 0.264 e. The molecule has 0 spiro atoms. The van der Waals surface area contributed by atoms with Crippen LogP contribution in [0.5, 0.6) is 0 Å². The van der Waals surface area contributed by atoms with Crippen molar-refractivity contribution >= 4 is 55.1 Å². The van der Waals surface area contributed by atoms with Gasteiger partial charge in [0.05, 0.1) is 10.6 Å². The fourth-order valence-electron chi connectivity index (χ4n) is 4.06. The van der Waals surface area contributed by atoms with E-state index in [9.17, 15) is 18.0 Å². The SMILES string of the molecule is CC[C@@H](C(=O)NC(C)C)N(Cc1ccc(Cl)cc1)C(=O)CN(c1ccc(Br)cc1)S(=O)(=O)c1ccc(C)cc1. The first-order valence-electron chi connectivity index (χ1n) is 12.6. The summed E-state index contributed by atoms with van der Waals surface area (Å²) in [5, 5.41) is 3.43. The highest BCUT2D eigenvalue weighted by atomic mass is 79.9. The molecule has 3 rings (SSSR count). The second-order valence-electron chi connectivity index (χ2n) is 9.54. The van der Waals surface area contributed by atoms with Crippen LogP contribution in [0.1, 0.15) is 38.3 Å². The zero-order valence-corrected chi connectivity index (χ0v) is 25.6. The van der Waals surface area contributed by atoms with Gasteiger partial charge < -0.3 is 10.2 Å². The van der Waals surface area contributed by atoms with Crippen LogP contribution in [0, 0.1) is 6.92 Å². The standard InChI is InChI=1S/C29H33BrClN3O4S/c1-5-27(29(36)32-20(2)3)33(18-22-8-12-24(31)13-9-22)28(35)19-34(25-14-10-23(30)11-15-25)39(37,38)26-16-6-21(4)7-17-26/h6-17,20,27H,5,18-19H2,1-4H3,(H,32,36)/t27-/m0/s1. The van der Waals surface area contributed by atoms with Crippen LogP contribution in [0.3, 0.4) is 0 Å². The summed E-state index contributed by atoms with van der Waals surface area (Å²) in [6, 6.07) is 19.2. The Bertz CT molecular complexity index is 1380. The highest BCUT2D eigenvalue weighted by Gasteiger charge is 2.33. The van der Waals surface area contributed by atoms with Gasteiger partial charge in [-0.15, -0.1) is 0 Å². The van der Waals surface area contributed by atoms with Crippen molar-refractivity contribution in [1.82, 2.24) is 10.2 Å². The second-order valence-corrected chi connectivity index (χ2v) is 12.8. The number of nitrogens with one attached hydrogen (secondary N) is 1. The van der Waals surface area contributed by atoms with Crippen LogP contribution in [0.4, 0.5) is 5.69 Å². The maximum absolute atomic E-state index is 14.0. The first-order chi connectivity index (χ1) is 18.4. The van der Waals surface area contributed by atoms with E-state index in [-0.39, 0.29) is 23.4 Å². The van der Waals surface area contributed by atoms with E-state index in [1.807, 2.05) is 27.7 Å². The van der Waals surface area contributed by atoms with Gasteiger partial charge in [0.15, 0.2) is 0 Å². The van der Waals surface area contributed by atoms with Crippen LogP contribution < -0.4 is 9.62 Å². The van der Waals surface area contributed by atoms with Crippen molar-refractivity contribution in [3.8, 4) is 0 Å². The number of aryl methyl sites for hydroxylation is 1. The number of benzene rings is 3. The van der Waals surface area contributed by atoms with E-state index in [2.05, 4.69) is 21.2 Å². The average Bonchev–Trinajstić information content (AvgIpc) is 2.88. The van der Waals surface area contributed by atoms with Crippen molar-refractivity contribution in [1.29, 1.82) is 0 Å². The molecule has 0 aliphatic rings. The molecule has 0 aliphatic heterocycles. The second kappa shape index (κ2) is 13.5. The number of sulfonamides is 1. The van der Waals surface area contributed by atoms with Gasteiger partial charge in [0.25, 0.3) is 10.0 Å². The first kappa shape index (κ1) is 30.7. The van der Waals surface area contributed by atoms with Crippen molar-refractivity contribution in [2.75, 3.05) is 10.8 Å². The normalized spacial score (nSPS) is 12.2. The molecule has 2 amide bonds. The lowest BCUT2D eigenvalue weighted by molar-refractivity contribution is -0.140. The molecular formula is C29H33BrClN3O4S. The Morgan fingerprint density at radius 1 is 0.949 bits per heavy atom.